The molecule has 1 saturated carbocycles. The Morgan fingerprint density at radius 3 is 2.24 bits per heavy atom. The van der Waals surface area contributed by atoms with Gasteiger partial charge in [-0.05, 0) is 41.7 Å². The molecule has 8 heteroatoms. The largest absolute Gasteiger partial charge is 0.497 e. The summed E-state index contributed by atoms with van der Waals surface area (Å²) in [5.74, 6) is -2.94. The summed E-state index contributed by atoms with van der Waals surface area (Å²) in [5.41, 5.74) is -0.435. The SMILES string of the molecule is COc1ccc([C@H]2[C@H](C(=O)C(C)(C)C)N3N=Cc4ccccc4[C@H]3C23C(=O)OC2(CCCC2)OC3=O)cc1. The van der Waals surface area contributed by atoms with Crippen molar-refractivity contribution in [1.82, 2.24) is 5.01 Å². The molecule has 0 unspecified atom stereocenters. The first-order valence-electron chi connectivity index (χ1n) is 13.2. The Bertz CT molecular complexity index is 1320. The van der Waals surface area contributed by atoms with Gasteiger partial charge in [-0.15, -0.1) is 0 Å². The highest BCUT2D eigenvalue weighted by atomic mass is 16.7. The van der Waals surface area contributed by atoms with Gasteiger partial charge in [0.2, 0.25) is 5.41 Å². The van der Waals surface area contributed by atoms with Gasteiger partial charge in [-0.3, -0.25) is 19.4 Å². The summed E-state index contributed by atoms with van der Waals surface area (Å²) in [4.78, 5) is 43.1. The van der Waals surface area contributed by atoms with Gasteiger partial charge < -0.3 is 14.2 Å². The minimum atomic E-state index is -1.83. The standard InChI is InChI=1S/C30H32N2O6/c1-28(2,3)25(33)23-22(18-11-13-20(36-4)14-12-18)30(24-21-10-6-5-9-19(21)17-31-32(23)24)26(34)37-29(38-27(30)35)15-7-8-16-29/h5-6,9-14,17,22-24H,7-8,15-16H2,1-4H3/t22-,23+,24-/m0/s1. The van der Waals surface area contributed by atoms with E-state index in [1.165, 1.54) is 0 Å². The highest BCUT2D eigenvalue weighted by Crippen LogP contribution is 2.64. The van der Waals surface area contributed by atoms with Crippen LogP contribution in [-0.2, 0) is 23.9 Å². The zero-order valence-corrected chi connectivity index (χ0v) is 22.1. The maximum absolute atomic E-state index is 14.4. The normalized spacial score (nSPS) is 26.6. The van der Waals surface area contributed by atoms with E-state index in [1.54, 1.807) is 30.5 Å². The fraction of sp³-hybridized carbons (Fsp3) is 0.467. The lowest BCUT2D eigenvalue weighted by Crippen LogP contribution is -2.59. The number of esters is 2. The van der Waals surface area contributed by atoms with Crippen LogP contribution in [0, 0.1) is 10.8 Å². The number of methoxy groups -OCH3 is 1. The third kappa shape index (κ3) is 3.35. The fourth-order valence-corrected chi connectivity index (χ4v) is 6.65. The lowest BCUT2D eigenvalue weighted by atomic mass is 9.64. The lowest BCUT2D eigenvalue weighted by Gasteiger charge is -2.45. The molecule has 4 aliphatic rings. The third-order valence-corrected chi connectivity index (χ3v) is 8.49. The molecule has 3 aliphatic heterocycles. The van der Waals surface area contributed by atoms with Gasteiger partial charge in [0.15, 0.2) is 5.78 Å². The minimum absolute atomic E-state index is 0.126. The van der Waals surface area contributed by atoms with Crippen molar-refractivity contribution in [2.75, 3.05) is 7.11 Å². The number of hydrogen-bond donors (Lipinski definition) is 0. The quantitative estimate of drug-likeness (QED) is 0.437. The van der Waals surface area contributed by atoms with E-state index in [1.807, 2.05) is 57.2 Å². The number of nitrogens with zero attached hydrogens (tertiary/aromatic N) is 2. The first-order chi connectivity index (χ1) is 18.1. The Hall–Kier alpha value is -3.68. The number of Topliss-reactive ketones (excluding diaryl/α,β-unsaturated/α-hetero) is 1. The lowest BCUT2D eigenvalue weighted by molar-refractivity contribution is -0.263. The number of ether oxygens (including phenoxy) is 3. The van der Waals surface area contributed by atoms with E-state index in [0.29, 0.717) is 24.2 Å². The molecule has 2 saturated heterocycles. The van der Waals surface area contributed by atoms with Crippen LogP contribution >= 0.6 is 0 Å². The van der Waals surface area contributed by atoms with E-state index >= 15 is 0 Å². The number of carbonyl (C=O) groups excluding carboxylic acids is 3. The average molecular weight is 517 g/mol. The van der Waals surface area contributed by atoms with Crippen molar-refractivity contribution in [3.63, 3.8) is 0 Å². The van der Waals surface area contributed by atoms with Crippen LogP contribution in [0.1, 0.15) is 75.1 Å². The minimum Gasteiger partial charge on any atom is -0.497 e. The van der Waals surface area contributed by atoms with Gasteiger partial charge in [0.1, 0.15) is 17.8 Å². The van der Waals surface area contributed by atoms with E-state index in [2.05, 4.69) is 0 Å². The fourth-order valence-electron chi connectivity index (χ4n) is 6.65. The van der Waals surface area contributed by atoms with Gasteiger partial charge in [-0.2, -0.15) is 5.10 Å². The molecule has 8 nitrogen and oxygen atoms in total. The number of benzene rings is 2. The summed E-state index contributed by atoms with van der Waals surface area (Å²) in [6.45, 7) is 5.52. The number of hydrazone groups is 1. The first-order valence-corrected chi connectivity index (χ1v) is 13.2. The summed E-state index contributed by atoms with van der Waals surface area (Å²) in [6.07, 6.45) is 4.26. The molecule has 2 spiro atoms. The topological polar surface area (TPSA) is 94.5 Å². The molecule has 3 atom stereocenters. The summed E-state index contributed by atoms with van der Waals surface area (Å²) < 4.78 is 17.6. The van der Waals surface area contributed by atoms with Crippen molar-refractivity contribution in [1.29, 1.82) is 0 Å². The Morgan fingerprint density at radius 1 is 1.00 bits per heavy atom. The Kier molecular flexibility index (Phi) is 5.46. The second kappa shape index (κ2) is 8.41. The molecule has 0 bridgehead atoms. The molecule has 6 rings (SSSR count). The van der Waals surface area contributed by atoms with Gasteiger partial charge in [0.05, 0.1) is 13.3 Å². The van der Waals surface area contributed by atoms with Crippen molar-refractivity contribution in [3.05, 3.63) is 65.2 Å². The van der Waals surface area contributed by atoms with Crippen LogP contribution in [0.3, 0.4) is 0 Å². The molecule has 0 radical (unpaired) electrons. The number of hydrogen-bond acceptors (Lipinski definition) is 8. The van der Waals surface area contributed by atoms with Gasteiger partial charge >= 0.3 is 11.9 Å². The van der Waals surface area contributed by atoms with Gasteiger partial charge in [-0.1, -0.05) is 57.2 Å². The van der Waals surface area contributed by atoms with Crippen molar-refractivity contribution in [2.24, 2.45) is 15.9 Å². The van der Waals surface area contributed by atoms with Gasteiger partial charge in [-0.25, -0.2) is 0 Å². The average Bonchev–Trinajstić information content (AvgIpc) is 3.47. The number of fused-ring (bicyclic) bond motifs is 4. The van der Waals surface area contributed by atoms with Crippen LogP contribution in [0.5, 0.6) is 5.75 Å². The summed E-state index contributed by atoms with van der Waals surface area (Å²) in [5, 5.41) is 6.37. The molecule has 0 aromatic heterocycles. The predicted octanol–water partition coefficient (Wildman–Crippen LogP) is 4.52. The molecule has 198 valence electrons. The van der Waals surface area contributed by atoms with Crippen LogP contribution < -0.4 is 4.74 Å². The van der Waals surface area contributed by atoms with Crippen LogP contribution in [-0.4, -0.2) is 47.9 Å². The van der Waals surface area contributed by atoms with Crippen LogP contribution in [0.15, 0.2) is 53.6 Å². The second-order valence-corrected chi connectivity index (χ2v) is 11.7. The number of rotatable bonds is 3. The maximum atomic E-state index is 14.4. The predicted molar refractivity (Wildman–Crippen MR) is 138 cm³/mol. The third-order valence-electron chi connectivity index (χ3n) is 8.49. The maximum Gasteiger partial charge on any atom is 0.330 e. The zero-order valence-electron chi connectivity index (χ0n) is 22.1. The summed E-state index contributed by atoms with van der Waals surface area (Å²) in [7, 11) is 1.57. The molecule has 1 aliphatic carbocycles. The molecule has 3 fully saturated rings. The van der Waals surface area contributed by atoms with Crippen molar-refractivity contribution in [3.8, 4) is 5.75 Å². The van der Waals surface area contributed by atoms with Crippen molar-refractivity contribution >= 4 is 23.9 Å². The van der Waals surface area contributed by atoms with E-state index in [0.717, 1.165) is 24.0 Å². The number of ketones is 1. The Balaban J connectivity index is 1.62. The summed E-state index contributed by atoms with van der Waals surface area (Å²) in [6, 6.07) is 12.9. The van der Waals surface area contributed by atoms with E-state index in [4.69, 9.17) is 19.3 Å². The van der Waals surface area contributed by atoms with Gasteiger partial charge in [0.25, 0.3) is 5.79 Å². The van der Waals surface area contributed by atoms with Crippen LogP contribution in [0.2, 0.25) is 0 Å². The monoisotopic (exact) mass is 516 g/mol. The molecule has 0 N–H and O–H groups in total. The molecule has 38 heavy (non-hydrogen) atoms. The van der Waals surface area contributed by atoms with E-state index in [9.17, 15) is 14.4 Å². The van der Waals surface area contributed by atoms with Crippen molar-refractivity contribution < 1.29 is 28.6 Å². The molecular formula is C30H32N2O6. The highest BCUT2D eigenvalue weighted by Gasteiger charge is 2.76. The molecule has 2 aromatic rings. The van der Waals surface area contributed by atoms with Crippen LogP contribution in [0.25, 0.3) is 0 Å². The molecular weight excluding hydrogens is 484 g/mol. The van der Waals surface area contributed by atoms with Crippen LogP contribution in [0.4, 0.5) is 0 Å². The smallest absolute Gasteiger partial charge is 0.330 e. The molecule has 3 heterocycles. The highest BCUT2D eigenvalue weighted by molar-refractivity contribution is 6.07. The molecule has 0 amide bonds. The number of carbonyl (C=O) groups is 3. The van der Waals surface area contributed by atoms with E-state index in [-0.39, 0.29) is 5.78 Å². The zero-order chi connectivity index (χ0) is 26.9. The molecule has 2 aromatic carbocycles. The Labute approximate surface area is 221 Å². The second-order valence-electron chi connectivity index (χ2n) is 11.7. The van der Waals surface area contributed by atoms with E-state index < -0.39 is 46.6 Å². The van der Waals surface area contributed by atoms with Gasteiger partial charge in [0, 0.05) is 24.2 Å². The first kappa shape index (κ1) is 24.6. The Morgan fingerprint density at radius 2 is 1.63 bits per heavy atom. The van der Waals surface area contributed by atoms with Crippen molar-refractivity contribution in [2.45, 2.75) is 70.2 Å². The summed E-state index contributed by atoms with van der Waals surface area (Å²) >= 11 is 0.